The second kappa shape index (κ2) is 9.41. The van der Waals surface area contributed by atoms with Gasteiger partial charge >= 0.3 is 0 Å². The highest BCUT2D eigenvalue weighted by Gasteiger charge is 2.16. The van der Waals surface area contributed by atoms with E-state index in [0.29, 0.717) is 17.8 Å². The largest absolute Gasteiger partial charge is 0.491 e. The van der Waals surface area contributed by atoms with Crippen LogP contribution in [0.2, 0.25) is 0 Å². The Hall–Kier alpha value is -2.80. The van der Waals surface area contributed by atoms with E-state index >= 15 is 0 Å². The number of sulfonamides is 1. The molecule has 1 amide bonds. The summed E-state index contributed by atoms with van der Waals surface area (Å²) in [5, 5.41) is 2.86. The van der Waals surface area contributed by atoms with Crippen molar-refractivity contribution in [2.75, 3.05) is 17.1 Å². The molecule has 1 N–H and O–H groups in total. The SMILES string of the molecule is C=CCN(c1ccc(C(=O)NCc2cccc(OC(C)C)c2)cc1)S(C)(=O)=O. The summed E-state index contributed by atoms with van der Waals surface area (Å²) >= 11 is 0. The van der Waals surface area contributed by atoms with Crippen molar-refractivity contribution in [3.05, 3.63) is 72.3 Å². The number of hydrogen-bond donors (Lipinski definition) is 1. The monoisotopic (exact) mass is 402 g/mol. The van der Waals surface area contributed by atoms with Gasteiger partial charge in [-0.05, 0) is 55.8 Å². The van der Waals surface area contributed by atoms with Gasteiger partial charge in [-0.1, -0.05) is 18.2 Å². The lowest BCUT2D eigenvalue weighted by Crippen LogP contribution is -2.30. The van der Waals surface area contributed by atoms with Crippen molar-refractivity contribution in [2.45, 2.75) is 26.5 Å². The minimum Gasteiger partial charge on any atom is -0.491 e. The van der Waals surface area contributed by atoms with Crippen LogP contribution < -0.4 is 14.4 Å². The van der Waals surface area contributed by atoms with E-state index < -0.39 is 10.0 Å². The predicted octanol–water partition coefficient (Wildman–Crippen LogP) is 3.36. The molecule has 0 heterocycles. The molecule has 0 aliphatic carbocycles. The van der Waals surface area contributed by atoms with Crippen LogP contribution in [-0.2, 0) is 16.6 Å². The van der Waals surface area contributed by atoms with E-state index in [9.17, 15) is 13.2 Å². The molecule has 2 aromatic carbocycles. The molecule has 0 spiro atoms. The van der Waals surface area contributed by atoms with E-state index in [1.165, 1.54) is 10.4 Å². The zero-order valence-corrected chi connectivity index (χ0v) is 17.2. The van der Waals surface area contributed by atoms with Gasteiger partial charge in [0.05, 0.1) is 24.6 Å². The Balaban J connectivity index is 2.04. The van der Waals surface area contributed by atoms with Gasteiger partial charge in [-0.3, -0.25) is 9.10 Å². The maximum absolute atomic E-state index is 12.4. The summed E-state index contributed by atoms with van der Waals surface area (Å²) in [6, 6.07) is 14.0. The fraction of sp³-hybridized carbons (Fsp3) is 0.286. The number of benzene rings is 2. The lowest BCUT2D eigenvalue weighted by molar-refractivity contribution is 0.0951. The second-order valence-electron chi connectivity index (χ2n) is 6.63. The number of ether oxygens (including phenoxy) is 1. The number of nitrogens with zero attached hydrogens (tertiary/aromatic N) is 1. The van der Waals surface area contributed by atoms with E-state index in [2.05, 4.69) is 11.9 Å². The Morgan fingerprint density at radius 1 is 1.21 bits per heavy atom. The first-order valence-electron chi connectivity index (χ1n) is 8.93. The Morgan fingerprint density at radius 2 is 1.89 bits per heavy atom. The molecule has 0 atom stereocenters. The van der Waals surface area contributed by atoms with Gasteiger partial charge in [-0.15, -0.1) is 6.58 Å². The molecule has 0 aliphatic rings. The van der Waals surface area contributed by atoms with Gasteiger partial charge in [-0.25, -0.2) is 8.42 Å². The third-order valence-corrected chi connectivity index (χ3v) is 5.00. The summed E-state index contributed by atoms with van der Waals surface area (Å²) in [7, 11) is -3.42. The molecule has 2 rings (SSSR count). The highest BCUT2D eigenvalue weighted by atomic mass is 32.2. The molecule has 7 heteroatoms. The Morgan fingerprint density at radius 3 is 2.46 bits per heavy atom. The van der Waals surface area contributed by atoms with Crippen LogP contribution in [0.5, 0.6) is 5.75 Å². The summed E-state index contributed by atoms with van der Waals surface area (Å²) < 4.78 is 30.6. The lowest BCUT2D eigenvalue weighted by Gasteiger charge is -2.20. The van der Waals surface area contributed by atoms with Crippen molar-refractivity contribution < 1.29 is 17.9 Å². The molecule has 0 radical (unpaired) electrons. The smallest absolute Gasteiger partial charge is 0.251 e. The molecule has 0 fully saturated rings. The molecule has 0 unspecified atom stereocenters. The first kappa shape index (κ1) is 21.5. The normalized spacial score (nSPS) is 11.1. The zero-order chi connectivity index (χ0) is 20.7. The van der Waals surface area contributed by atoms with E-state index in [1.807, 2.05) is 38.1 Å². The van der Waals surface area contributed by atoms with Gasteiger partial charge in [-0.2, -0.15) is 0 Å². The minimum absolute atomic E-state index is 0.0796. The third-order valence-electron chi connectivity index (χ3n) is 3.84. The average molecular weight is 403 g/mol. The van der Waals surface area contributed by atoms with Gasteiger partial charge in [0, 0.05) is 12.1 Å². The fourth-order valence-electron chi connectivity index (χ4n) is 2.61. The van der Waals surface area contributed by atoms with E-state index in [-0.39, 0.29) is 18.6 Å². The van der Waals surface area contributed by atoms with Crippen molar-refractivity contribution in [1.82, 2.24) is 5.32 Å². The first-order chi connectivity index (χ1) is 13.2. The Labute approximate surface area is 166 Å². The summed E-state index contributed by atoms with van der Waals surface area (Å²) in [6.45, 7) is 8.02. The molecule has 0 bridgehead atoms. The van der Waals surface area contributed by atoms with Crippen LogP contribution in [0.15, 0.2) is 61.2 Å². The molecule has 0 saturated carbocycles. The van der Waals surface area contributed by atoms with Gasteiger partial charge in [0.1, 0.15) is 5.75 Å². The molecule has 2 aromatic rings. The highest BCUT2D eigenvalue weighted by molar-refractivity contribution is 7.92. The number of amides is 1. The van der Waals surface area contributed by atoms with Gasteiger partial charge in [0.25, 0.3) is 5.91 Å². The molecule has 0 aliphatic heterocycles. The summed E-state index contributed by atoms with van der Waals surface area (Å²) in [6.07, 6.45) is 2.73. The van der Waals surface area contributed by atoms with Crippen LogP contribution in [0, 0.1) is 0 Å². The second-order valence-corrected chi connectivity index (χ2v) is 8.53. The quantitative estimate of drug-likeness (QED) is 0.653. The van der Waals surface area contributed by atoms with Crippen LogP contribution >= 0.6 is 0 Å². The summed E-state index contributed by atoms with van der Waals surface area (Å²) in [4.78, 5) is 12.4. The Bertz CT molecular complexity index is 922. The molecule has 28 heavy (non-hydrogen) atoms. The van der Waals surface area contributed by atoms with Crippen molar-refractivity contribution in [2.24, 2.45) is 0 Å². The highest BCUT2D eigenvalue weighted by Crippen LogP contribution is 2.19. The van der Waals surface area contributed by atoms with Crippen LogP contribution in [-0.4, -0.2) is 33.2 Å². The average Bonchev–Trinajstić information content (AvgIpc) is 2.63. The van der Waals surface area contributed by atoms with E-state index in [4.69, 9.17) is 4.74 Å². The number of carbonyl (C=O) groups is 1. The lowest BCUT2D eigenvalue weighted by atomic mass is 10.1. The number of rotatable bonds is 9. The van der Waals surface area contributed by atoms with Crippen molar-refractivity contribution in [1.29, 1.82) is 0 Å². The topological polar surface area (TPSA) is 75.7 Å². The Kier molecular flexibility index (Phi) is 7.23. The van der Waals surface area contributed by atoms with Crippen molar-refractivity contribution in [3.63, 3.8) is 0 Å². The van der Waals surface area contributed by atoms with Crippen molar-refractivity contribution in [3.8, 4) is 5.75 Å². The predicted molar refractivity (Wildman–Crippen MR) is 112 cm³/mol. The van der Waals surface area contributed by atoms with Crippen LogP contribution in [0.25, 0.3) is 0 Å². The van der Waals surface area contributed by atoms with E-state index in [1.54, 1.807) is 24.3 Å². The minimum atomic E-state index is -3.42. The van der Waals surface area contributed by atoms with Crippen LogP contribution in [0.1, 0.15) is 29.8 Å². The van der Waals surface area contributed by atoms with Crippen LogP contribution in [0.3, 0.4) is 0 Å². The standard InChI is InChI=1S/C21H26N2O4S/c1-5-13-23(28(4,25)26)19-11-9-18(10-12-19)21(24)22-15-17-7-6-8-20(14-17)27-16(2)3/h5-12,14,16H,1,13,15H2,2-4H3,(H,22,24). The van der Waals surface area contributed by atoms with Gasteiger partial charge < -0.3 is 10.1 Å². The molecule has 0 aromatic heterocycles. The van der Waals surface area contributed by atoms with Crippen molar-refractivity contribution >= 4 is 21.6 Å². The maximum atomic E-state index is 12.4. The van der Waals surface area contributed by atoms with Crippen LogP contribution in [0.4, 0.5) is 5.69 Å². The number of nitrogens with one attached hydrogen (secondary N) is 1. The number of anilines is 1. The van der Waals surface area contributed by atoms with Gasteiger partial charge in [0.2, 0.25) is 10.0 Å². The fourth-order valence-corrected chi connectivity index (χ4v) is 3.49. The first-order valence-corrected chi connectivity index (χ1v) is 10.8. The maximum Gasteiger partial charge on any atom is 0.251 e. The molecular weight excluding hydrogens is 376 g/mol. The van der Waals surface area contributed by atoms with E-state index in [0.717, 1.165) is 17.6 Å². The zero-order valence-electron chi connectivity index (χ0n) is 16.4. The molecule has 150 valence electrons. The molecule has 6 nitrogen and oxygen atoms in total. The third kappa shape index (κ3) is 6.13. The van der Waals surface area contributed by atoms with Gasteiger partial charge in [0.15, 0.2) is 0 Å². The molecular formula is C21H26N2O4S. The summed E-state index contributed by atoms with van der Waals surface area (Å²) in [5.74, 6) is 0.519. The molecule has 0 saturated heterocycles. The summed E-state index contributed by atoms with van der Waals surface area (Å²) in [5.41, 5.74) is 1.86. The number of carbonyl (C=O) groups excluding carboxylic acids is 1. The number of hydrogen-bond acceptors (Lipinski definition) is 4.